The van der Waals surface area contributed by atoms with Gasteiger partial charge >= 0.3 is 0 Å². The van der Waals surface area contributed by atoms with E-state index in [0.717, 1.165) is 0 Å². The fraction of sp³-hybridized carbons (Fsp3) is 0.778. The van der Waals surface area contributed by atoms with E-state index >= 15 is 0 Å². The maximum Gasteiger partial charge on any atom is 0.0701 e. The molecule has 2 N–H and O–H groups in total. The molecule has 4 nitrogen and oxygen atoms in total. The van der Waals surface area contributed by atoms with Crippen molar-refractivity contribution in [3.05, 3.63) is 12.7 Å². The first kappa shape index (κ1) is 15.1. The molecule has 4 heteroatoms. The van der Waals surface area contributed by atoms with Crippen LogP contribution in [-0.2, 0) is 9.47 Å². The number of allylic oxidation sites excluding steroid dienone is 1. The Balaban J connectivity index is 0. The third kappa shape index (κ3) is 24.5. The quantitative estimate of drug-likeness (QED) is 0.447. The number of hydrogen-bond donors (Lipinski definition) is 2. The molecular weight excluding hydrogens is 172 g/mol. The minimum Gasteiger partial charge on any atom is -0.394 e. The molecule has 80 valence electrons. The smallest absolute Gasteiger partial charge is 0.0701 e. The van der Waals surface area contributed by atoms with Gasteiger partial charge in [-0.25, -0.2) is 0 Å². The summed E-state index contributed by atoms with van der Waals surface area (Å²) in [5.41, 5.74) is 0. The fourth-order valence-electron chi connectivity index (χ4n) is 0.451. The van der Waals surface area contributed by atoms with E-state index in [0.29, 0.717) is 26.4 Å². The van der Waals surface area contributed by atoms with Crippen molar-refractivity contribution in [1.29, 1.82) is 0 Å². The Labute approximate surface area is 79.8 Å². The second-order valence-electron chi connectivity index (χ2n) is 2.08. The highest BCUT2D eigenvalue weighted by Crippen LogP contribution is 1.76. The van der Waals surface area contributed by atoms with Crippen LogP contribution < -0.4 is 0 Å². The normalized spacial score (nSPS) is 8.85. The van der Waals surface area contributed by atoms with Crippen LogP contribution in [0, 0.1) is 0 Å². The van der Waals surface area contributed by atoms with Crippen molar-refractivity contribution in [1.82, 2.24) is 0 Å². The first-order valence-corrected chi connectivity index (χ1v) is 4.27. The molecule has 13 heavy (non-hydrogen) atoms. The highest BCUT2D eigenvalue weighted by molar-refractivity contribution is 4.51. The molecule has 0 aromatic carbocycles. The van der Waals surface area contributed by atoms with E-state index in [9.17, 15) is 0 Å². The van der Waals surface area contributed by atoms with Gasteiger partial charge in [0, 0.05) is 0 Å². The minimum atomic E-state index is 0.0417. The predicted molar refractivity (Wildman–Crippen MR) is 51.7 cm³/mol. The first-order valence-electron chi connectivity index (χ1n) is 4.27. The van der Waals surface area contributed by atoms with Crippen molar-refractivity contribution in [2.24, 2.45) is 0 Å². The van der Waals surface area contributed by atoms with Gasteiger partial charge in [-0.3, -0.25) is 0 Å². The van der Waals surface area contributed by atoms with Gasteiger partial charge in [-0.2, -0.15) is 0 Å². The molecule has 0 aliphatic heterocycles. The van der Waals surface area contributed by atoms with E-state index in [1.54, 1.807) is 6.08 Å². The van der Waals surface area contributed by atoms with Crippen LogP contribution in [0.5, 0.6) is 0 Å². The first-order chi connectivity index (χ1) is 6.33. The molecule has 0 aromatic heterocycles. The van der Waals surface area contributed by atoms with Gasteiger partial charge in [0.05, 0.1) is 39.6 Å². The predicted octanol–water partition coefficient (Wildman–Crippen LogP) is 0.196. The summed E-state index contributed by atoms with van der Waals surface area (Å²) in [7, 11) is 0. The lowest BCUT2D eigenvalue weighted by molar-refractivity contribution is 0.0222. The van der Waals surface area contributed by atoms with E-state index < -0.39 is 0 Å². The minimum absolute atomic E-state index is 0.0417. The molecule has 0 radical (unpaired) electrons. The third-order valence-electron chi connectivity index (χ3n) is 0.843. The molecular formula is C9H20O4. The number of aliphatic hydroxyl groups is 2. The zero-order valence-electron chi connectivity index (χ0n) is 8.24. The number of rotatable bonds is 7. The summed E-state index contributed by atoms with van der Waals surface area (Å²) in [6.45, 7) is 6.98. The summed E-state index contributed by atoms with van der Waals surface area (Å²) in [5.74, 6) is 0. The molecule has 0 aliphatic carbocycles. The second-order valence-corrected chi connectivity index (χ2v) is 2.08. The fourth-order valence-corrected chi connectivity index (χ4v) is 0.451. The lowest BCUT2D eigenvalue weighted by atomic mass is 10.7. The second kappa shape index (κ2) is 17.6. The molecule has 0 spiro atoms. The molecule has 0 saturated heterocycles. The molecule has 0 fully saturated rings. The van der Waals surface area contributed by atoms with Gasteiger partial charge in [-0.15, -0.1) is 6.58 Å². The van der Waals surface area contributed by atoms with Gasteiger partial charge < -0.3 is 19.7 Å². The van der Waals surface area contributed by atoms with E-state index in [2.05, 4.69) is 6.58 Å². The van der Waals surface area contributed by atoms with E-state index in [-0.39, 0.29) is 13.2 Å². The molecule has 0 saturated carbocycles. The maximum atomic E-state index is 8.26. The van der Waals surface area contributed by atoms with Gasteiger partial charge in [0.15, 0.2) is 0 Å². The zero-order chi connectivity index (χ0) is 10.4. The lowest BCUT2D eigenvalue weighted by Gasteiger charge is -2.01. The number of ether oxygens (including phenoxy) is 2. The standard InChI is InChI=1S/C6H14O4.C3H6/c7-1-3-9-5-6-10-4-2-8;1-3-2/h7-8H,1-6H2;3H,1H2,2H3. The van der Waals surface area contributed by atoms with Crippen LogP contribution in [0.2, 0.25) is 0 Å². The van der Waals surface area contributed by atoms with Crippen LogP contribution in [0.3, 0.4) is 0 Å². The summed E-state index contributed by atoms with van der Waals surface area (Å²) >= 11 is 0. The molecule has 0 atom stereocenters. The van der Waals surface area contributed by atoms with Crippen molar-refractivity contribution in [3.63, 3.8) is 0 Å². The van der Waals surface area contributed by atoms with Crippen molar-refractivity contribution < 1.29 is 19.7 Å². The molecule has 0 aromatic rings. The maximum absolute atomic E-state index is 8.26. The van der Waals surface area contributed by atoms with Gasteiger partial charge in [-0.1, -0.05) is 6.08 Å². The Bertz CT molecular complexity index is 77.7. The Morgan fingerprint density at radius 1 is 1.00 bits per heavy atom. The molecule has 0 rings (SSSR count). The van der Waals surface area contributed by atoms with Crippen LogP contribution in [0.1, 0.15) is 6.92 Å². The van der Waals surface area contributed by atoms with E-state index in [1.807, 2.05) is 6.92 Å². The Morgan fingerprint density at radius 2 is 1.31 bits per heavy atom. The van der Waals surface area contributed by atoms with Crippen LogP contribution in [0.4, 0.5) is 0 Å². The van der Waals surface area contributed by atoms with Gasteiger partial charge in [0.1, 0.15) is 0 Å². The van der Waals surface area contributed by atoms with Crippen LogP contribution in [0.15, 0.2) is 12.7 Å². The van der Waals surface area contributed by atoms with Gasteiger partial charge in [0.2, 0.25) is 0 Å². The topological polar surface area (TPSA) is 58.9 Å². The number of hydrogen-bond acceptors (Lipinski definition) is 4. The summed E-state index contributed by atoms with van der Waals surface area (Å²) in [6, 6.07) is 0. The third-order valence-corrected chi connectivity index (χ3v) is 0.843. The largest absolute Gasteiger partial charge is 0.394 e. The van der Waals surface area contributed by atoms with Crippen LogP contribution >= 0.6 is 0 Å². The highest BCUT2D eigenvalue weighted by Gasteiger charge is 1.86. The Morgan fingerprint density at radius 3 is 1.54 bits per heavy atom. The van der Waals surface area contributed by atoms with Crippen LogP contribution in [0.25, 0.3) is 0 Å². The Kier molecular flexibility index (Phi) is 20.4. The summed E-state index contributed by atoms with van der Waals surface area (Å²) < 4.78 is 9.75. The van der Waals surface area contributed by atoms with Crippen molar-refractivity contribution in [3.8, 4) is 0 Å². The van der Waals surface area contributed by atoms with Crippen LogP contribution in [-0.4, -0.2) is 49.9 Å². The summed E-state index contributed by atoms with van der Waals surface area (Å²) in [5, 5.41) is 16.5. The zero-order valence-corrected chi connectivity index (χ0v) is 8.24. The van der Waals surface area contributed by atoms with Gasteiger partial charge in [0.25, 0.3) is 0 Å². The molecule has 0 unspecified atom stereocenters. The summed E-state index contributed by atoms with van der Waals surface area (Å²) in [6.07, 6.45) is 1.75. The molecule has 0 heterocycles. The van der Waals surface area contributed by atoms with Crippen molar-refractivity contribution in [2.75, 3.05) is 39.6 Å². The lowest BCUT2D eigenvalue weighted by Crippen LogP contribution is -2.09. The monoisotopic (exact) mass is 192 g/mol. The average molecular weight is 192 g/mol. The Hall–Kier alpha value is -0.420. The van der Waals surface area contributed by atoms with E-state index in [4.69, 9.17) is 19.7 Å². The molecule has 0 aliphatic rings. The SMILES string of the molecule is C=CC.OCCOCCOCCO. The van der Waals surface area contributed by atoms with E-state index in [1.165, 1.54) is 0 Å². The number of aliphatic hydroxyl groups excluding tert-OH is 2. The summed E-state index contributed by atoms with van der Waals surface area (Å²) in [4.78, 5) is 0. The molecule has 0 amide bonds. The van der Waals surface area contributed by atoms with Crippen molar-refractivity contribution >= 4 is 0 Å². The molecule has 0 bridgehead atoms. The van der Waals surface area contributed by atoms with Gasteiger partial charge in [-0.05, 0) is 6.92 Å². The average Bonchev–Trinajstić information content (AvgIpc) is 2.13. The highest BCUT2D eigenvalue weighted by atomic mass is 16.5. The van der Waals surface area contributed by atoms with Crippen molar-refractivity contribution in [2.45, 2.75) is 6.92 Å².